The third-order valence-corrected chi connectivity index (χ3v) is 4.26. The SMILES string of the molecule is CC1=NN(C(=O)c2ccccc2F)C(c2ccc(Cl)cc2Cl)C1. The molecule has 6 heteroatoms. The van der Waals surface area contributed by atoms with Crippen molar-refractivity contribution >= 4 is 34.8 Å². The molecule has 1 heterocycles. The maximum atomic E-state index is 13.9. The van der Waals surface area contributed by atoms with Crippen LogP contribution in [0.15, 0.2) is 47.6 Å². The average Bonchev–Trinajstić information content (AvgIpc) is 2.89. The number of rotatable bonds is 2. The Morgan fingerprint density at radius 3 is 2.70 bits per heavy atom. The van der Waals surface area contributed by atoms with Crippen molar-refractivity contribution in [2.75, 3.05) is 0 Å². The largest absolute Gasteiger partial charge is 0.277 e. The highest BCUT2D eigenvalue weighted by Gasteiger charge is 2.33. The van der Waals surface area contributed by atoms with E-state index in [1.54, 1.807) is 24.3 Å². The first-order valence-electron chi connectivity index (χ1n) is 7.04. The Morgan fingerprint density at radius 2 is 2.00 bits per heavy atom. The number of halogens is 3. The van der Waals surface area contributed by atoms with Crippen LogP contribution < -0.4 is 0 Å². The lowest BCUT2D eigenvalue weighted by atomic mass is 10.0. The smallest absolute Gasteiger partial charge is 0.267 e. The quantitative estimate of drug-likeness (QED) is 0.741. The lowest BCUT2D eigenvalue weighted by Crippen LogP contribution is -2.28. The number of carbonyl (C=O) groups is 1. The average molecular weight is 351 g/mol. The van der Waals surface area contributed by atoms with Crippen molar-refractivity contribution in [2.24, 2.45) is 5.10 Å². The first kappa shape index (κ1) is 16.0. The van der Waals surface area contributed by atoms with Gasteiger partial charge in [0.05, 0.1) is 11.6 Å². The van der Waals surface area contributed by atoms with Crippen molar-refractivity contribution in [3.63, 3.8) is 0 Å². The van der Waals surface area contributed by atoms with Gasteiger partial charge >= 0.3 is 0 Å². The highest BCUT2D eigenvalue weighted by Crippen LogP contribution is 2.37. The molecular formula is C17H13Cl2FN2O. The molecule has 3 rings (SSSR count). The monoisotopic (exact) mass is 350 g/mol. The van der Waals surface area contributed by atoms with Gasteiger partial charge in [0.1, 0.15) is 5.82 Å². The minimum atomic E-state index is -0.571. The van der Waals surface area contributed by atoms with Crippen LogP contribution in [-0.4, -0.2) is 16.6 Å². The van der Waals surface area contributed by atoms with Crippen LogP contribution in [0, 0.1) is 5.82 Å². The first-order valence-corrected chi connectivity index (χ1v) is 7.80. The maximum Gasteiger partial charge on any atom is 0.277 e. The van der Waals surface area contributed by atoms with E-state index in [0.29, 0.717) is 16.5 Å². The van der Waals surface area contributed by atoms with Gasteiger partial charge in [-0.1, -0.05) is 41.4 Å². The summed E-state index contributed by atoms with van der Waals surface area (Å²) >= 11 is 12.2. The Balaban J connectivity index is 1.99. The van der Waals surface area contributed by atoms with E-state index in [9.17, 15) is 9.18 Å². The van der Waals surface area contributed by atoms with Gasteiger partial charge in [0.2, 0.25) is 0 Å². The van der Waals surface area contributed by atoms with Gasteiger partial charge < -0.3 is 0 Å². The van der Waals surface area contributed by atoms with E-state index in [1.807, 2.05) is 6.92 Å². The lowest BCUT2D eigenvalue weighted by molar-refractivity contribution is 0.0706. The van der Waals surface area contributed by atoms with Crippen molar-refractivity contribution < 1.29 is 9.18 Å². The molecule has 1 amide bonds. The molecule has 3 nitrogen and oxygen atoms in total. The van der Waals surface area contributed by atoms with Crippen LogP contribution in [0.1, 0.15) is 35.3 Å². The van der Waals surface area contributed by atoms with Crippen molar-refractivity contribution in [1.29, 1.82) is 0 Å². The van der Waals surface area contributed by atoms with Crippen molar-refractivity contribution in [2.45, 2.75) is 19.4 Å². The Hall–Kier alpha value is -1.91. The van der Waals surface area contributed by atoms with Crippen molar-refractivity contribution in [1.82, 2.24) is 5.01 Å². The summed E-state index contributed by atoms with van der Waals surface area (Å²) in [5.41, 5.74) is 1.51. The number of nitrogens with zero attached hydrogens (tertiary/aromatic N) is 2. The van der Waals surface area contributed by atoms with E-state index >= 15 is 0 Å². The molecule has 0 N–H and O–H groups in total. The summed E-state index contributed by atoms with van der Waals surface area (Å²) in [5, 5.41) is 6.54. The predicted octanol–water partition coefficient (Wildman–Crippen LogP) is 5.10. The number of amides is 1. The van der Waals surface area contributed by atoms with Crippen LogP contribution in [0.25, 0.3) is 0 Å². The zero-order valence-corrected chi connectivity index (χ0v) is 13.8. The first-order chi connectivity index (χ1) is 11.0. The van der Waals surface area contributed by atoms with Crippen LogP contribution in [0.4, 0.5) is 4.39 Å². The van der Waals surface area contributed by atoms with Crippen LogP contribution >= 0.6 is 23.2 Å². The Morgan fingerprint density at radius 1 is 1.26 bits per heavy atom. The summed E-state index contributed by atoms with van der Waals surface area (Å²) in [7, 11) is 0. The molecule has 23 heavy (non-hydrogen) atoms. The molecule has 0 saturated heterocycles. The molecule has 0 radical (unpaired) electrons. The number of carbonyl (C=O) groups excluding carboxylic acids is 1. The fourth-order valence-electron chi connectivity index (χ4n) is 2.62. The molecule has 0 bridgehead atoms. The van der Waals surface area contributed by atoms with Gasteiger partial charge in [-0.3, -0.25) is 4.79 Å². The van der Waals surface area contributed by atoms with Crippen LogP contribution in [-0.2, 0) is 0 Å². The minimum absolute atomic E-state index is 0.0129. The number of hydrogen-bond acceptors (Lipinski definition) is 2. The molecule has 0 aromatic heterocycles. The fraction of sp³-hybridized carbons (Fsp3) is 0.176. The van der Waals surface area contributed by atoms with Gasteiger partial charge in [-0.15, -0.1) is 0 Å². The van der Waals surface area contributed by atoms with Crippen LogP contribution in [0.5, 0.6) is 0 Å². The second-order valence-electron chi connectivity index (χ2n) is 5.35. The predicted molar refractivity (Wildman–Crippen MR) is 89.5 cm³/mol. The maximum absolute atomic E-state index is 13.9. The molecule has 1 atom stereocenters. The third-order valence-electron chi connectivity index (χ3n) is 3.70. The van der Waals surface area contributed by atoms with Gasteiger partial charge in [0.15, 0.2) is 0 Å². The van der Waals surface area contributed by atoms with Crippen molar-refractivity contribution in [3.05, 3.63) is 69.5 Å². The second-order valence-corrected chi connectivity index (χ2v) is 6.19. The Bertz CT molecular complexity index is 807. The fourth-order valence-corrected chi connectivity index (χ4v) is 3.15. The summed E-state index contributed by atoms with van der Waals surface area (Å²) in [5.74, 6) is -1.06. The summed E-state index contributed by atoms with van der Waals surface area (Å²) in [6, 6.07) is 10.6. The van der Waals surface area contributed by atoms with E-state index < -0.39 is 11.7 Å². The zero-order chi connectivity index (χ0) is 16.6. The summed E-state index contributed by atoms with van der Waals surface area (Å²) in [6.07, 6.45) is 0.543. The van der Waals surface area contributed by atoms with E-state index in [2.05, 4.69) is 5.10 Å². The molecule has 2 aromatic rings. The summed E-state index contributed by atoms with van der Waals surface area (Å²) in [6.45, 7) is 1.82. The van der Waals surface area contributed by atoms with E-state index in [-0.39, 0.29) is 11.6 Å². The summed E-state index contributed by atoms with van der Waals surface area (Å²) < 4.78 is 13.9. The van der Waals surface area contributed by atoms with Gasteiger partial charge in [-0.05, 0) is 36.8 Å². The van der Waals surface area contributed by atoms with Crippen LogP contribution in [0.2, 0.25) is 10.0 Å². The minimum Gasteiger partial charge on any atom is -0.267 e. The van der Waals surface area contributed by atoms with Gasteiger partial charge in [-0.2, -0.15) is 5.10 Å². The highest BCUT2D eigenvalue weighted by atomic mass is 35.5. The van der Waals surface area contributed by atoms with E-state index in [0.717, 1.165) is 11.3 Å². The third kappa shape index (κ3) is 3.09. The molecular weight excluding hydrogens is 338 g/mol. The zero-order valence-electron chi connectivity index (χ0n) is 12.3. The van der Waals surface area contributed by atoms with E-state index in [4.69, 9.17) is 23.2 Å². The number of benzene rings is 2. The molecule has 0 fully saturated rings. The molecule has 118 valence electrons. The van der Waals surface area contributed by atoms with Gasteiger partial charge in [-0.25, -0.2) is 9.40 Å². The molecule has 1 aliphatic rings. The van der Waals surface area contributed by atoms with Crippen molar-refractivity contribution in [3.8, 4) is 0 Å². The molecule has 0 saturated carbocycles. The summed E-state index contributed by atoms with van der Waals surface area (Å²) in [4.78, 5) is 12.7. The standard InChI is InChI=1S/C17H13Cl2FN2O/c1-10-8-16(12-7-6-11(18)9-14(12)19)22(21-10)17(23)13-4-2-3-5-15(13)20/h2-7,9,16H,8H2,1H3. The number of hydrazone groups is 1. The molecule has 1 unspecified atom stereocenters. The van der Waals surface area contributed by atoms with E-state index in [1.165, 1.54) is 23.2 Å². The Kier molecular flexibility index (Phi) is 4.37. The number of hydrogen-bond donors (Lipinski definition) is 0. The molecule has 2 aromatic carbocycles. The lowest BCUT2D eigenvalue weighted by Gasteiger charge is -2.23. The second kappa shape index (κ2) is 6.30. The topological polar surface area (TPSA) is 32.7 Å². The Labute approximate surface area is 143 Å². The molecule has 0 spiro atoms. The molecule has 0 aliphatic carbocycles. The van der Waals surface area contributed by atoms with Gasteiger partial charge in [0.25, 0.3) is 5.91 Å². The van der Waals surface area contributed by atoms with Crippen LogP contribution in [0.3, 0.4) is 0 Å². The molecule has 1 aliphatic heterocycles. The highest BCUT2D eigenvalue weighted by molar-refractivity contribution is 6.35. The normalized spacial score (nSPS) is 17.3. The van der Waals surface area contributed by atoms with Gasteiger partial charge in [0, 0.05) is 22.2 Å².